The van der Waals surface area contributed by atoms with Crippen molar-refractivity contribution in [1.29, 1.82) is 0 Å². The minimum Gasteiger partial charge on any atom is -0.291 e. The van der Waals surface area contributed by atoms with Crippen LogP contribution in [-0.4, -0.2) is 33.8 Å². The third-order valence-corrected chi connectivity index (χ3v) is 1.51. The van der Waals surface area contributed by atoms with Gasteiger partial charge in [-0.15, -0.1) is 0 Å². The number of hydrogen-bond acceptors (Lipinski definition) is 4. The fourth-order valence-corrected chi connectivity index (χ4v) is 0.683. The molecule has 1 rings (SSSR count). The molecule has 0 aromatic heterocycles. The molecule has 1 heterocycles. The van der Waals surface area contributed by atoms with E-state index in [-0.39, 0.29) is 13.1 Å². The highest BCUT2D eigenvalue weighted by Crippen LogP contribution is 2.14. The van der Waals surface area contributed by atoms with Crippen LogP contribution >= 0.6 is 0 Å². The minimum atomic E-state index is -1.83. The molecule has 1 fully saturated rings. The van der Waals surface area contributed by atoms with Gasteiger partial charge in [-0.3, -0.25) is 15.4 Å². The summed E-state index contributed by atoms with van der Waals surface area (Å²) in [7, 11) is 0. The first kappa shape index (κ1) is 6.87. The van der Waals surface area contributed by atoms with E-state index in [0.29, 0.717) is 0 Å². The molecule has 0 atom stereocenters. The summed E-state index contributed by atoms with van der Waals surface area (Å²) in [6.45, 7) is -0.222. The van der Waals surface area contributed by atoms with E-state index >= 15 is 0 Å². The summed E-state index contributed by atoms with van der Waals surface area (Å²) in [4.78, 5) is 18.9. The van der Waals surface area contributed by atoms with Crippen molar-refractivity contribution < 1.29 is 15.1 Å². The summed E-state index contributed by atoms with van der Waals surface area (Å²) in [5.74, 6) is 0. The molecule has 1 aliphatic heterocycles. The Kier molecular flexibility index (Phi) is 1.29. The fraction of sp³-hybridized carbons (Fsp3) is 1.00. The Labute approximate surface area is 55.3 Å². The van der Waals surface area contributed by atoms with Crippen LogP contribution in [0, 0.1) is 15.0 Å². The summed E-state index contributed by atoms with van der Waals surface area (Å²) in [6.07, 6.45) is 0. The topological polar surface area (TPSA) is 95.5 Å². The second-order valence-corrected chi connectivity index (χ2v) is 2.12. The molecule has 1 aliphatic rings. The molecule has 10 heavy (non-hydrogen) atoms. The smallest absolute Gasteiger partial charge is 0.291 e. The third-order valence-electron chi connectivity index (χ3n) is 1.51. The molecule has 0 aliphatic carbocycles. The highest BCUT2D eigenvalue weighted by atomic mass is 16.7. The normalized spacial score (nSPS) is 21.2. The second-order valence-electron chi connectivity index (χ2n) is 2.12. The van der Waals surface area contributed by atoms with Crippen LogP contribution in [0.3, 0.4) is 0 Å². The number of nitrogens with zero attached hydrogens (tertiary/aromatic N) is 2. The van der Waals surface area contributed by atoms with Gasteiger partial charge in [0.15, 0.2) is 0 Å². The quantitative estimate of drug-likeness (QED) is 0.289. The maximum atomic E-state index is 10.2. The van der Waals surface area contributed by atoms with E-state index < -0.39 is 15.5 Å². The fourth-order valence-electron chi connectivity index (χ4n) is 0.683. The van der Waals surface area contributed by atoms with E-state index in [1.54, 1.807) is 0 Å². The van der Waals surface area contributed by atoms with Gasteiger partial charge in [-0.05, 0) is 0 Å². The zero-order chi connectivity index (χ0) is 7.78. The van der Waals surface area contributed by atoms with Crippen molar-refractivity contribution in [2.75, 3.05) is 13.1 Å². The highest BCUT2D eigenvalue weighted by Gasteiger charge is 2.66. The Morgan fingerprint density at radius 3 is 2.00 bits per heavy atom. The van der Waals surface area contributed by atoms with Gasteiger partial charge < -0.3 is 0 Å². The molecule has 0 aromatic carbocycles. The molecule has 2 N–H and O–H groups in total. The van der Waals surface area contributed by atoms with Gasteiger partial charge in [0.25, 0.3) is 4.92 Å². The lowest BCUT2D eigenvalue weighted by Crippen LogP contribution is -2.69. The van der Waals surface area contributed by atoms with E-state index in [4.69, 9.17) is 5.21 Å². The lowest BCUT2D eigenvalue weighted by molar-refractivity contribution is -0.951. The summed E-state index contributed by atoms with van der Waals surface area (Å²) in [5.41, 5.74) is -1.83. The lowest BCUT2D eigenvalue weighted by Gasteiger charge is -2.21. The number of nitrogens with one attached hydrogen (secondary N) is 1. The van der Waals surface area contributed by atoms with Crippen molar-refractivity contribution in [3.63, 3.8) is 0 Å². The number of hydrogen-bond donors (Lipinski definition) is 2. The van der Waals surface area contributed by atoms with Crippen LogP contribution in [-0.2, 0) is 0 Å². The Balaban J connectivity index is 2.78. The number of rotatable bonds is 2. The summed E-state index contributed by atoms with van der Waals surface area (Å²) in [5, 5.41) is 20.9. The average molecular weight is 148 g/mol. The molecule has 0 unspecified atom stereocenters. The van der Waals surface area contributed by atoms with E-state index in [1.807, 2.05) is 0 Å². The summed E-state index contributed by atoms with van der Waals surface area (Å²) < 4.78 is 0. The van der Waals surface area contributed by atoms with Crippen LogP contribution in [0.5, 0.6) is 0 Å². The Morgan fingerprint density at radius 2 is 2.00 bits per heavy atom. The van der Waals surface area contributed by atoms with Crippen molar-refractivity contribution in [2.24, 2.45) is 0 Å². The molecule has 7 heteroatoms. The van der Waals surface area contributed by atoms with Crippen molar-refractivity contribution in [3.05, 3.63) is 15.0 Å². The Hall–Kier alpha value is -1.24. The molecule has 0 amide bonds. The van der Waals surface area contributed by atoms with Crippen LogP contribution in [0.25, 0.3) is 0 Å². The Bertz CT molecular complexity index is 170. The molecule has 0 aromatic rings. The first-order valence-corrected chi connectivity index (χ1v) is 2.61. The maximum absolute atomic E-state index is 10.2. The van der Waals surface area contributed by atoms with Gasteiger partial charge in [-0.1, -0.05) is 0 Å². The van der Waals surface area contributed by atoms with Gasteiger partial charge in [0.05, 0.1) is 4.91 Å². The molecule has 0 radical (unpaired) electrons. The predicted molar refractivity (Wildman–Crippen MR) is 28.0 cm³/mol. The average Bonchev–Trinajstić information content (AvgIpc) is 1.57. The van der Waals surface area contributed by atoms with Crippen molar-refractivity contribution in [3.8, 4) is 0 Å². The predicted octanol–water partition coefficient (Wildman–Crippen LogP) is -1.27. The molecular formula is C3H6N3O4+. The van der Waals surface area contributed by atoms with Crippen molar-refractivity contribution in [1.82, 2.24) is 5.32 Å². The van der Waals surface area contributed by atoms with Gasteiger partial charge in [-0.2, -0.15) is 0 Å². The van der Waals surface area contributed by atoms with E-state index in [0.717, 1.165) is 0 Å². The summed E-state index contributed by atoms with van der Waals surface area (Å²) >= 11 is 0. The SMILES string of the molecule is O=[N+]([O-])C1([N+](=O)O)CNC1. The first-order valence-electron chi connectivity index (χ1n) is 2.61. The summed E-state index contributed by atoms with van der Waals surface area (Å²) in [6, 6.07) is 0. The van der Waals surface area contributed by atoms with Gasteiger partial charge in [0.1, 0.15) is 18.0 Å². The molecular weight excluding hydrogens is 142 g/mol. The first-order chi connectivity index (χ1) is 4.59. The minimum absolute atomic E-state index is 0.111. The Morgan fingerprint density at radius 1 is 1.50 bits per heavy atom. The van der Waals surface area contributed by atoms with Crippen molar-refractivity contribution >= 4 is 0 Å². The van der Waals surface area contributed by atoms with Gasteiger partial charge in [-0.25, -0.2) is 5.21 Å². The largest absolute Gasteiger partial charge is 0.521 e. The second kappa shape index (κ2) is 1.87. The van der Waals surface area contributed by atoms with Gasteiger partial charge in [0.2, 0.25) is 0 Å². The lowest BCUT2D eigenvalue weighted by atomic mass is 10.1. The zero-order valence-electron chi connectivity index (χ0n) is 4.98. The zero-order valence-corrected chi connectivity index (χ0v) is 4.98. The van der Waals surface area contributed by atoms with Crippen LogP contribution in [0.1, 0.15) is 0 Å². The van der Waals surface area contributed by atoms with E-state index in [1.165, 1.54) is 0 Å². The van der Waals surface area contributed by atoms with Crippen LogP contribution in [0.15, 0.2) is 0 Å². The van der Waals surface area contributed by atoms with Gasteiger partial charge in [0, 0.05) is 0 Å². The van der Waals surface area contributed by atoms with Crippen LogP contribution in [0.2, 0.25) is 0 Å². The van der Waals surface area contributed by atoms with Crippen LogP contribution < -0.4 is 5.32 Å². The molecule has 7 nitrogen and oxygen atoms in total. The number of nitro groups is 1. The van der Waals surface area contributed by atoms with E-state index in [2.05, 4.69) is 5.32 Å². The monoisotopic (exact) mass is 148 g/mol. The van der Waals surface area contributed by atoms with Crippen molar-refractivity contribution in [2.45, 2.75) is 5.66 Å². The van der Waals surface area contributed by atoms with Crippen LogP contribution in [0.4, 0.5) is 0 Å². The van der Waals surface area contributed by atoms with E-state index in [9.17, 15) is 15.0 Å². The molecule has 56 valence electrons. The molecule has 1 saturated heterocycles. The molecule has 0 bridgehead atoms. The maximum Gasteiger partial charge on any atom is 0.521 e. The highest BCUT2D eigenvalue weighted by molar-refractivity contribution is 4.81. The third kappa shape index (κ3) is 0.637. The van der Waals surface area contributed by atoms with Gasteiger partial charge >= 0.3 is 5.66 Å². The standard InChI is InChI=1S/C3H6N3O4/c7-5(8)3(6(9)10)1-4-2-3/h4H,1-2H2,(H,7,8)/q+1. The molecule has 0 spiro atoms. The molecule has 0 saturated carbocycles.